The largest absolute Gasteiger partial charge is 0.370 e. The molecule has 0 saturated heterocycles. The zero-order chi connectivity index (χ0) is 14.5. The van der Waals surface area contributed by atoms with Gasteiger partial charge in [-0.25, -0.2) is 0 Å². The summed E-state index contributed by atoms with van der Waals surface area (Å²) in [7, 11) is 2.18. The van der Waals surface area contributed by atoms with Crippen molar-refractivity contribution >= 4 is 5.96 Å². The third-order valence-electron chi connectivity index (χ3n) is 3.88. The maximum atomic E-state index is 5.41. The molecule has 0 saturated carbocycles. The first kappa shape index (κ1) is 14.9. The van der Waals surface area contributed by atoms with Crippen LogP contribution in [0.2, 0.25) is 0 Å². The van der Waals surface area contributed by atoms with Crippen LogP contribution in [0.15, 0.2) is 23.2 Å². The topological polar surface area (TPSA) is 67.6 Å². The smallest absolute Gasteiger partial charge is 0.185 e. The van der Waals surface area contributed by atoms with E-state index in [1.165, 1.54) is 23.1 Å². The van der Waals surface area contributed by atoms with Gasteiger partial charge in [-0.1, -0.05) is 25.1 Å². The van der Waals surface area contributed by atoms with Crippen LogP contribution in [0.1, 0.15) is 30.0 Å². The van der Waals surface area contributed by atoms with E-state index in [0.717, 1.165) is 32.5 Å². The van der Waals surface area contributed by atoms with Crippen molar-refractivity contribution in [3.05, 3.63) is 34.9 Å². The van der Waals surface area contributed by atoms with Crippen LogP contribution < -0.4 is 11.5 Å². The van der Waals surface area contributed by atoms with Crippen LogP contribution in [-0.4, -0.2) is 31.0 Å². The molecule has 0 aromatic heterocycles. The van der Waals surface area contributed by atoms with Crippen LogP contribution in [0, 0.1) is 5.92 Å². The molecule has 4 heteroatoms. The molecular weight excluding hydrogens is 248 g/mol. The fraction of sp³-hybridized carbons (Fsp3) is 0.562. The van der Waals surface area contributed by atoms with Gasteiger partial charge < -0.3 is 16.4 Å². The lowest BCUT2D eigenvalue weighted by Crippen LogP contribution is -2.24. The maximum absolute atomic E-state index is 5.41. The molecule has 0 amide bonds. The first-order valence-corrected chi connectivity index (χ1v) is 7.43. The average molecular weight is 274 g/mol. The summed E-state index contributed by atoms with van der Waals surface area (Å²) in [5.74, 6) is 0.749. The SMILES string of the molecule is CCCN(C)Cc1ccc2c(c1)C[C@H](CN=C(N)N)C2. The molecule has 0 spiro atoms. The minimum Gasteiger partial charge on any atom is -0.370 e. The average Bonchev–Trinajstić information content (AvgIpc) is 2.78. The van der Waals surface area contributed by atoms with E-state index >= 15 is 0 Å². The summed E-state index contributed by atoms with van der Waals surface area (Å²) in [6.45, 7) is 5.12. The van der Waals surface area contributed by atoms with Gasteiger partial charge in [0.25, 0.3) is 0 Å². The quantitative estimate of drug-likeness (QED) is 0.610. The molecule has 1 aromatic rings. The van der Waals surface area contributed by atoms with Gasteiger partial charge in [0.05, 0.1) is 0 Å². The highest BCUT2D eigenvalue weighted by Gasteiger charge is 2.21. The van der Waals surface area contributed by atoms with E-state index in [9.17, 15) is 0 Å². The molecule has 0 bridgehead atoms. The molecule has 0 aliphatic heterocycles. The molecule has 1 aliphatic rings. The van der Waals surface area contributed by atoms with Crippen LogP contribution in [0.5, 0.6) is 0 Å². The number of benzene rings is 1. The summed E-state index contributed by atoms with van der Waals surface area (Å²) in [6, 6.07) is 6.89. The van der Waals surface area contributed by atoms with Gasteiger partial charge in [-0.05, 0) is 55.5 Å². The van der Waals surface area contributed by atoms with Crippen LogP contribution in [0.3, 0.4) is 0 Å². The van der Waals surface area contributed by atoms with Gasteiger partial charge >= 0.3 is 0 Å². The van der Waals surface area contributed by atoms with Crippen molar-refractivity contribution in [2.24, 2.45) is 22.4 Å². The first-order valence-electron chi connectivity index (χ1n) is 7.43. The predicted molar refractivity (Wildman–Crippen MR) is 84.6 cm³/mol. The number of aliphatic imine (C=N–C) groups is 1. The number of hydrogen-bond acceptors (Lipinski definition) is 2. The van der Waals surface area contributed by atoms with E-state index in [-0.39, 0.29) is 5.96 Å². The molecule has 110 valence electrons. The molecule has 0 heterocycles. The molecular formula is C16H26N4. The fourth-order valence-electron chi connectivity index (χ4n) is 3.00. The highest BCUT2D eigenvalue weighted by atomic mass is 15.1. The van der Waals surface area contributed by atoms with Gasteiger partial charge in [-0.15, -0.1) is 0 Å². The third kappa shape index (κ3) is 3.97. The number of hydrogen-bond donors (Lipinski definition) is 2. The van der Waals surface area contributed by atoms with E-state index in [1.807, 2.05) is 0 Å². The zero-order valence-electron chi connectivity index (χ0n) is 12.6. The van der Waals surface area contributed by atoms with Crippen LogP contribution >= 0.6 is 0 Å². The molecule has 20 heavy (non-hydrogen) atoms. The molecule has 4 nitrogen and oxygen atoms in total. The summed E-state index contributed by atoms with van der Waals surface area (Å²) < 4.78 is 0. The van der Waals surface area contributed by atoms with Gasteiger partial charge in [0.15, 0.2) is 5.96 Å². The molecule has 0 fully saturated rings. The van der Waals surface area contributed by atoms with Crippen LogP contribution in [0.4, 0.5) is 0 Å². The Morgan fingerprint density at radius 3 is 2.75 bits per heavy atom. The second kappa shape index (κ2) is 6.75. The molecule has 2 rings (SSSR count). The van der Waals surface area contributed by atoms with Crippen molar-refractivity contribution < 1.29 is 0 Å². The second-order valence-electron chi connectivity index (χ2n) is 5.88. The Bertz CT molecular complexity index is 477. The lowest BCUT2D eigenvalue weighted by atomic mass is 10.1. The molecule has 0 unspecified atom stereocenters. The molecule has 1 atom stereocenters. The van der Waals surface area contributed by atoms with Crippen molar-refractivity contribution in [1.82, 2.24) is 4.90 Å². The van der Waals surface area contributed by atoms with E-state index in [1.54, 1.807) is 0 Å². The van der Waals surface area contributed by atoms with E-state index < -0.39 is 0 Å². The zero-order valence-corrected chi connectivity index (χ0v) is 12.6. The van der Waals surface area contributed by atoms with Gasteiger partial charge in [-0.3, -0.25) is 4.99 Å². The second-order valence-corrected chi connectivity index (χ2v) is 5.88. The van der Waals surface area contributed by atoms with Gasteiger partial charge in [0.1, 0.15) is 0 Å². The van der Waals surface area contributed by atoms with Crippen molar-refractivity contribution in [1.29, 1.82) is 0 Å². The Balaban J connectivity index is 1.97. The van der Waals surface area contributed by atoms with Crippen molar-refractivity contribution in [3.63, 3.8) is 0 Å². The van der Waals surface area contributed by atoms with Gasteiger partial charge in [-0.2, -0.15) is 0 Å². The maximum Gasteiger partial charge on any atom is 0.185 e. The standard InChI is InChI=1S/C16H26N4/c1-3-6-20(2)11-12-4-5-14-8-13(9-15(14)7-12)10-19-16(17)18/h4-5,7,13H,3,6,8-11H2,1-2H3,(H4,17,18,19)/t13-/m1/s1. The number of rotatable bonds is 6. The number of nitrogens with two attached hydrogens (primary N) is 2. The molecule has 1 aromatic carbocycles. The van der Waals surface area contributed by atoms with Crippen molar-refractivity contribution in [2.45, 2.75) is 32.7 Å². The van der Waals surface area contributed by atoms with E-state index in [4.69, 9.17) is 11.5 Å². The Kier molecular flexibility index (Phi) is 5.01. The highest BCUT2D eigenvalue weighted by Crippen LogP contribution is 2.28. The Labute approximate surface area is 121 Å². The Hall–Kier alpha value is -1.55. The summed E-state index contributed by atoms with van der Waals surface area (Å²) in [6.07, 6.45) is 3.39. The van der Waals surface area contributed by atoms with Crippen molar-refractivity contribution in [2.75, 3.05) is 20.1 Å². The predicted octanol–water partition coefficient (Wildman–Crippen LogP) is 1.52. The summed E-state index contributed by atoms with van der Waals surface area (Å²) in [4.78, 5) is 6.52. The Morgan fingerprint density at radius 1 is 1.30 bits per heavy atom. The monoisotopic (exact) mass is 274 g/mol. The van der Waals surface area contributed by atoms with Crippen LogP contribution in [0.25, 0.3) is 0 Å². The van der Waals surface area contributed by atoms with Crippen molar-refractivity contribution in [3.8, 4) is 0 Å². The Morgan fingerprint density at radius 2 is 2.05 bits per heavy atom. The summed E-state index contributed by atoms with van der Waals surface area (Å²) >= 11 is 0. The molecule has 1 aliphatic carbocycles. The number of guanidine groups is 1. The highest BCUT2D eigenvalue weighted by molar-refractivity contribution is 5.75. The minimum absolute atomic E-state index is 0.197. The molecule has 0 radical (unpaired) electrons. The molecule has 4 N–H and O–H groups in total. The van der Waals surface area contributed by atoms with Gasteiger partial charge in [0, 0.05) is 13.1 Å². The fourth-order valence-corrected chi connectivity index (χ4v) is 3.00. The minimum atomic E-state index is 0.197. The summed E-state index contributed by atoms with van der Waals surface area (Å²) in [5.41, 5.74) is 15.2. The summed E-state index contributed by atoms with van der Waals surface area (Å²) in [5, 5.41) is 0. The van der Waals surface area contributed by atoms with E-state index in [0.29, 0.717) is 5.92 Å². The van der Waals surface area contributed by atoms with Gasteiger partial charge in [0.2, 0.25) is 0 Å². The first-order chi connectivity index (χ1) is 9.58. The normalized spacial score (nSPS) is 17.2. The third-order valence-corrected chi connectivity index (χ3v) is 3.88. The lowest BCUT2D eigenvalue weighted by molar-refractivity contribution is 0.327. The van der Waals surface area contributed by atoms with Crippen LogP contribution in [-0.2, 0) is 19.4 Å². The van der Waals surface area contributed by atoms with E-state index in [2.05, 4.69) is 42.1 Å². The number of nitrogens with zero attached hydrogens (tertiary/aromatic N) is 2. The number of fused-ring (bicyclic) bond motifs is 1. The lowest BCUT2D eigenvalue weighted by Gasteiger charge is -2.16.